The van der Waals surface area contributed by atoms with Gasteiger partial charge >= 0.3 is 6.03 Å². The standard InChI is InChI=1S/C13H26N2O2/c1-10-4-3-5-12(8-10)6-7-14-13(17)15-9-11(2)16/h10-12,16H,3-9H2,1-2H3,(H2,14,15,17)/t10-,11-,12-/m1/s1. The molecule has 100 valence electrons. The average Bonchev–Trinajstić information content (AvgIpc) is 2.26. The first-order chi connectivity index (χ1) is 8.08. The summed E-state index contributed by atoms with van der Waals surface area (Å²) < 4.78 is 0. The Morgan fingerprint density at radius 2 is 2.18 bits per heavy atom. The zero-order valence-corrected chi connectivity index (χ0v) is 11.0. The third kappa shape index (κ3) is 6.51. The van der Waals surface area contributed by atoms with Crippen molar-refractivity contribution < 1.29 is 9.90 Å². The summed E-state index contributed by atoms with van der Waals surface area (Å²) in [4.78, 5) is 11.3. The fraction of sp³-hybridized carbons (Fsp3) is 0.923. The van der Waals surface area contributed by atoms with E-state index in [0.29, 0.717) is 6.54 Å². The Balaban J connectivity index is 2.04. The molecule has 1 rings (SSSR count). The lowest BCUT2D eigenvalue weighted by Crippen LogP contribution is -2.39. The van der Waals surface area contributed by atoms with Crippen molar-refractivity contribution in [3.8, 4) is 0 Å². The zero-order chi connectivity index (χ0) is 12.7. The normalized spacial score (nSPS) is 26.3. The maximum Gasteiger partial charge on any atom is 0.314 e. The van der Waals surface area contributed by atoms with Crippen molar-refractivity contribution in [2.45, 2.75) is 52.1 Å². The first kappa shape index (κ1) is 14.3. The Morgan fingerprint density at radius 1 is 1.41 bits per heavy atom. The van der Waals surface area contributed by atoms with Gasteiger partial charge in [-0.05, 0) is 31.6 Å². The van der Waals surface area contributed by atoms with Gasteiger partial charge in [0.1, 0.15) is 0 Å². The first-order valence-corrected chi connectivity index (χ1v) is 6.77. The van der Waals surface area contributed by atoms with E-state index in [4.69, 9.17) is 5.11 Å². The highest BCUT2D eigenvalue weighted by molar-refractivity contribution is 5.73. The van der Waals surface area contributed by atoms with E-state index in [0.717, 1.165) is 24.8 Å². The van der Waals surface area contributed by atoms with E-state index < -0.39 is 6.10 Å². The van der Waals surface area contributed by atoms with Gasteiger partial charge in [-0.1, -0.05) is 26.2 Å². The number of carbonyl (C=O) groups excluding carboxylic acids is 1. The summed E-state index contributed by atoms with van der Waals surface area (Å²) in [5, 5.41) is 14.5. The van der Waals surface area contributed by atoms with Gasteiger partial charge in [0.15, 0.2) is 0 Å². The van der Waals surface area contributed by atoms with Crippen molar-refractivity contribution in [1.82, 2.24) is 10.6 Å². The van der Waals surface area contributed by atoms with Gasteiger partial charge in [0.05, 0.1) is 6.10 Å². The molecule has 0 aromatic rings. The lowest BCUT2D eigenvalue weighted by atomic mass is 9.81. The molecular weight excluding hydrogens is 216 g/mol. The Morgan fingerprint density at radius 3 is 2.82 bits per heavy atom. The van der Waals surface area contributed by atoms with Crippen molar-refractivity contribution in [1.29, 1.82) is 0 Å². The minimum absolute atomic E-state index is 0.172. The molecule has 0 aromatic carbocycles. The van der Waals surface area contributed by atoms with Gasteiger partial charge in [-0.3, -0.25) is 0 Å². The van der Waals surface area contributed by atoms with E-state index in [-0.39, 0.29) is 6.03 Å². The molecule has 2 amide bonds. The Labute approximate surface area is 104 Å². The second kappa shape index (κ2) is 7.54. The topological polar surface area (TPSA) is 61.4 Å². The second-order valence-corrected chi connectivity index (χ2v) is 5.41. The molecule has 0 unspecified atom stereocenters. The van der Waals surface area contributed by atoms with Gasteiger partial charge < -0.3 is 15.7 Å². The molecule has 0 heterocycles. The number of rotatable bonds is 5. The van der Waals surface area contributed by atoms with E-state index in [2.05, 4.69) is 17.6 Å². The van der Waals surface area contributed by atoms with Crippen LogP contribution in [-0.2, 0) is 0 Å². The number of hydrogen-bond acceptors (Lipinski definition) is 2. The third-order valence-corrected chi connectivity index (χ3v) is 3.44. The molecule has 4 nitrogen and oxygen atoms in total. The molecule has 0 aliphatic heterocycles. The fourth-order valence-corrected chi connectivity index (χ4v) is 2.51. The maximum atomic E-state index is 11.3. The van der Waals surface area contributed by atoms with Crippen molar-refractivity contribution in [3.63, 3.8) is 0 Å². The van der Waals surface area contributed by atoms with E-state index in [1.165, 1.54) is 25.7 Å². The lowest BCUT2D eigenvalue weighted by molar-refractivity contribution is 0.187. The molecule has 1 aliphatic carbocycles. The van der Waals surface area contributed by atoms with Gasteiger partial charge in [-0.15, -0.1) is 0 Å². The van der Waals surface area contributed by atoms with Crippen LogP contribution < -0.4 is 10.6 Å². The first-order valence-electron chi connectivity index (χ1n) is 6.77. The Kier molecular flexibility index (Phi) is 6.34. The van der Waals surface area contributed by atoms with E-state index in [1.807, 2.05) is 0 Å². The minimum Gasteiger partial charge on any atom is -0.392 e. The summed E-state index contributed by atoms with van der Waals surface area (Å²) in [6.45, 7) is 5.02. The minimum atomic E-state index is -0.486. The summed E-state index contributed by atoms with van der Waals surface area (Å²) in [7, 11) is 0. The summed E-state index contributed by atoms with van der Waals surface area (Å²) in [5.41, 5.74) is 0. The zero-order valence-electron chi connectivity index (χ0n) is 11.0. The molecule has 3 N–H and O–H groups in total. The van der Waals surface area contributed by atoms with E-state index in [9.17, 15) is 4.79 Å². The molecule has 0 radical (unpaired) electrons. The van der Waals surface area contributed by atoms with Crippen LogP contribution >= 0.6 is 0 Å². The predicted octanol–water partition coefficient (Wildman–Crippen LogP) is 1.88. The van der Waals surface area contributed by atoms with E-state index >= 15 is 0 Å². The van der Waals surface area contributed by atoms with Crippen molar-refractivity contribution in [2.75, 3.05) is 13.1 Å². The highest BCUT2D eigenvalue weighted by atomic mass is 16.3. The van der Waals surface area contributed by atoms with Crippen molar-refractivity contribution in [3.05, 3.63) is 0 Å². The molecule has 0 aromatic heterocycles. The van der Waals surface area contributed by atoms with Crippen LogP contribution in [0.5, 0.6) is 0 Å². The van der Waals surface area contributed by atoms with Gasteiger partial charge in [0.2, 0.25) is 0 Å². The Bertz CT molecular complexity index is 231. The molecule has 0 saturated heterocycles. The second-order valence-electron chi connectivity index (χ2n) is 5.41. The fourth-order valence-electron chi connectivity index (χ4n) is 2.51. The van der Waals surface area contributed by atoms with Gasteiger partial charge in [0.25, 0.3) is 0 Å². The maximum absolute atomic E-state index is 11.3. The summed E-state index contributed by atoms with van der Waals surface area (Å²) in [5.74, 6) is 1.62. The SMILES string of the molecule is C[C@@H]1CCC[C@H](CCNC(=O)NC[C@@H](C)O)C1. The molecule has 4 heteroatoms. The Hall–Kier alpha value is -0.770. The number of aliphatic hydroxyl groups excluding tert-OH is 1. The van der Waals surface area contributed by atoms with E-state index in [1.54, 1.807) is 6.92 Å². The number of amides is 2. The quantitative estimate of drug-likeness (QED) is 0.689. The summed E-state index contributed by atoms with van der Waals surface area (Å²) in [6, 6.07) is -0.172. The van der Waals surface area contributed by atoms with Crippen molar-refractivity contribution >= 4 is 6.03 Å². The lowest BCUT2D eigenvalue weighted by Gasteiger charge is -2.26. The highest BCUT2D eigenvalue weighted by Crippen LogP contribution is 2.30. The molecule has 17 heavy (non-hydrogen) atoms. The van der Waals surface area contributed by atoms with Gasteiger partial charge in [-0.25, -0.2) is 4.79 Å². The molecule has 3 atom stereocenters. The van der Waals surface area contributed by atoms with Crippen LogP contribution in [0.3, 0.4) is 0 Å². The largest absolute Gasteiger partial charge is 0.392 e. The highest BCUT2D eigenvalue weighted by Gasteiger charge is 2.18. The van der Waals surface area contributed by atoms with Gasteiger partial charge in [-0.2, -0.15) is 0 Å². The molecule has 0 spiro atoms. The van der Waals surface area contributed by atoms with Gasteiger partial charge in [0, 0.05) is 13.1 Å². The van der Waals surface area contributed by atoms with Crippen LogP contribution in [0.1, 0.15) is 46.0 Å². The third-order valence-electron chi connectivity index (χ3n) is 3.44. The molecular formula is C13H26N2O2. The van der Waals surface area contributed by atoms with Crippen LogP contribution in [0.25, 0.3) is 0 Å². The number of urea groups is 1. The molecule has 1 aliphatic rings. The molecule has 0 bridgehead atoms. The number of aliphatic hydroxyl groups is 1. The smallest absolute Gasteiger partial charge is 0.314 e. The average molecular weight is 242 g/mol. The number of carbonyl (C=O) groups is 1. The monoisotopic (exact) mass is 242 g/mol. The van der Waals surface area contributed by atoms with Crippen LogP contribution in [0.2, 0.25) is 0 Å². The molecule has 1 fully saturated rings. The van der Waals surface area contributed by atoms with Crippen LogP contribution in [0.15, 0.2) is 0 Å². The summed E-state index contributed by atoms with van der Waals surface area (Å²) in [6.07, 6.45) is 5.89. The predicted molar refractivity (Wildman–Crippen MR) is 68.8 cm³/mol. The van der Waals surface area contributed by atoms with Crippen LogP contribution in [-0.4, -0.2) is 30.3 Å². The summed E-state index contributed by atoms with van der Waals surface area (Å²) >= 11 is 0. The van der Waals surface area contributed by atoms with Crippen LogP contribution in [0, 0.1) is 11.8 Å². The number of hydrogen-bond donors (Lipinski definition) is 3. The van der Waals surface area contributed by atoms with Crippen molar-refractivity contribution in [2.24, 2.45) is 11.8 Å². The number of nitrogens with one attached hydrogen (secondary N) is 2. The van der Waals surface area contributed by atoms with Crippen LogP contribution in [0.4, 0.5) is 4.79 Å². The molecule has 1 saturated carbocycles.